The molecule has 1 spiro atoms. The molecule has 19 heavy (non-hydrogen) atoms. The Labute approximate surface area is 119 Å². The van der Waals surface area contributed by atoms with Crippen molar-refractivity contribution in [2.45, 2.75) is 70.4 Å². The Kier molecular flexibility index (Phi) is 4.46. The van der Waals surface area contributed by atoms with E-state index in [4.69, 9.17) is 13.9 Å². The van der Waals surface area contributed by atoms with Gasteiger partial charge in [-0.3, -0.25) is 0 Å². The Morgan fingerprint density at radius 2 is 1.84 bits per heavy atom. The summed E-state index contributed by atoms with van der Waals surface area (Å²) < 4.78 is 17.8. The van der Waals surface area contributed by atoms with Gasteiger partial charge in [0.2, 0.25) is 0 Å². The Morgan fingerprint density at radius 3 is 2.42 bits per heavy atom. The molecule has 2 rings (SSSR count). The van der Waals surface area contributed by atoms with E-state index < -0.39 is 8.32 Å². The van der Waals surface area contributed by atoms with E-state index in [1.54, 1.807) is 0 Å². The minimum Gasteiger partial charge on any atom is -0.417 e. The zero-order valence-corrected chi connectivity index (χ0v) is 14.3. The Bertz CT molecular complexity index is 303. The number of rotatable bonds is 4. The van der Waals surface area contributed by atoms with E-state index >= 15 is 0 Å². The zero-order chi connectivity index (χ0) is 14.1. The Balaban J connectivity index is 1.73. The van der Waals surface area contributed by atoms with Crippen LogP contribution in [0.2, 0.25) is 18.1 Å². The molecule has 0 aromatic rings. The summed E-state index contributed by atoms with van der Waals surface area (Å²) >= 11 is 0. The van der Waals surface area contributed by atoms with E-state index in [1.165, 1.54) is 6.42 Å². The van der Waals surface area contributed by atoms with Crippen LogP contribution in [-0.2, 0) is 13.9 Å². The van der Waals surface area contributed by atoms with Gasteiger partial charge in [0, 0.05) is 19.4 Å². The van der Waals surface area contributed by atoms with Crippen molar-refractivity contribution < 1.29 is 13.9 Å². The second kappa shape index (κ2) is 5.47. The molecular weight excluding hydrogens is 256 g/mol. The van der Waals surface area contributed by atoms with E-state index in [2.05, 4.69) is 33.9 Å². The SMILES string of the molecule is CC(C)(C)[Si](C)(C)OCCC1CCC2(C1)OCCO2. The van der Waals surface area contributed by atoms with E-state index in [0.29, 0.717) is 11.0 Å². The highest BCUT2D eigenvalue weighted by Gasteiger charge is 2.44. The largest absolute Gasteiger partial charge is 0.417 e. The van der Waals surface area contributed by atoms with Crippen molar-refractivity contribution in [3.8, 4) is 0 Å². The van der Waals surface area contributed by atoms with Crippen molar-refractivity contribution in [3.05, 3.63) is 0 Å². The van der Waals surface area contributed by atoms with Crippen LogP contribution in [0.3, 0.4) is 0 Å². The fraction of sp³-hybridized carbons (Fsp3) is 1.00. The van der Waals surface area contributed by atoms with E-state index in [0.717, 1.165) is 39.1 Å². The lowest BCUT2D eigenvalue weighted by molar-refractivity contribution is -0.152. The maximum Gasteiger partial charge on any atom is 0.191 e. The van der Waals surface area contributed by atoms with Crippen molar-refractivity contribution in [1.29, 1.82) is 0 Å². The van der Waals surface area contributed by atoms with E-state index in [-0.39, 0.29) is 5.79 Å². The molecule has 2 aliphatic rings. The maximum atomic E-state index is 6.26. The minimum atomic E-state index is -1.58. The third kappa shape index (κ3) is 3.60. The predicted molar refractivity (Wildman–Crippen MR) is 79.7 cm³/mol. The molecule has 0 aromatic carbocycles. The van der Waals surface area contributed by atoms with E-state index in [9.17, 15) is 0 Å². The van der Waals surface area contributed by atoms with Crippen LogP contribution in [0, 0.1) is 5.92 Å². The van der Waals surface area contributed by atoms with Gasteiger partial charge in [0.15, 0.2) is 14.1 Å². The molecular formula is C15H30O3Si. The molecule has 4 heteroatoms. The molecule has 0 amide bonds. The molecule has 1 saturated heterocycles. The minimum absolute atomic E-state index is 0.221. The summed E-state index contributed by atoms with van der Waals surface area (Å²) in [5.41, 5.74) is 0. The van der Waals surface area contributed by atoms with Crippen LogP contribution in [-0.4, -0.2) is 33.9 Å². The van der Waals surface area contributed by atoms with Crippen molar-refractivity contribution in [2.24, 2.45) is 5.92 Å². The van der Waals surface area contributed by atoms with Crippen LogP contribution in [0.5, 0.6) is 0 Å². The molecule has 3 nitrogen and oxygen atoms in total. The average molecular weight is 286 g/mol. The molecule has 1 heterocycles. The van der Waals surface area contributed by atoms with Gasteiger partial charge in [0.1, 0.15) is 0 Å². The highest BCUT2D eigenvalue weighted by atomic mass is 28.4. The second-order valence-corrected chi connectivity index (χ2v) is 12.4. The highest BCUT2D eigenvalue weighted by molar-refractivity contribution is 6.74. The average Bonchev–Trinajstić information content (AvgIpc) is 2.88. The molecule has 1 unspecified atom stereocenters. The van der Waals surface area contributed by atoms with Crippen molar-refractivity contribution in [2.75, 3.05) is 19.8 Å². The van der Waals surface area contributed by atoms with Gasteiger partial charge in [-0.2, -0.15) is 0 Å². The van der Waals surface area contributed by atoms with Gasteiger partial charge in [-0.1, -0.05) is 20.8 Å². The molecule has 1 aliphatic heterocycles. The third-order valence-electron chi connectivity index (χ3n) is 5.14. The number of hydrogen-bond acceptors (Lipinski definition) is 3. The summed E-state index contributed by atoms with van der Waals surface area (Å²) in [6.45, 7) is 14.0. The van der Waals surface area contributed by atoms with E-state index in [1.807, 2.05) is 0 Å². The first-order chi connectivity index (χ1) is 8.74. The van der Waals surface area contributed by atoms with Crippen molar-refractivity contribution >= 4 is 8.32 Å². The Morgan fingerprint density at radius 1 is 1.21 bits per heavy atom. The standard InChI is InChI=1S/C15H30O3Si/c1-14(2,3)19(4,5)18-9-7-13-6-8-15(12-13)16-10-11-17-15/h13H,6-12H2,1-5H3. The molecule has 1 saturated carbocycles. The van der Waals surface area contributed by atoms with Gasteiger partial charge in [-0.15, -0.1) is 0 Å². The first-order valence-electron chi connectivity index (χ1n) is 7.66. The van der Waals surface area contributed by atoms with Crippen LogP contribution in [0.1, 0.15) is 46.5 Å². The van der Waals surface area contributed by atoms with Gasteiger partial charge < -0.3 is 13.9 Å². The summed E-state index contributed by atoms with van der Waals surface area (Å²) in [4.78, 5) is 0. The molecule has 112 valence electrons. The highest BCUT2D eigenvalue weighted by Crippen LogP contribution is 2.42. The third-order valence-corrected chi connectivity index (χ3v) is 9.68. The monoisotopic (exact) mass is 286 g/mol. The summed E-state index contributed by atoms with van der Waals surface area (Å²) in [5, 5.41) is 0.307. The van der Waals surface area contributed by atoms with Crippen LogP contribution >= 0.6 is 0 Å². The van der Waals surface area contributed by atoms with Gasteiger partial charge in [0.25, 0.3) is 0 Å². The molecule has 0 radical (unpaired) electrons. The van der Waals surface area contributed by atoms with Crippen LogP contribution in [0.4, 0.5) is 0 Å². The van der Waals surface area contributed by atoms with Gasteiger partial charge in [0.05, 0.1) is 13.2 Å². The first kappa shape index (κ1) is 15.5. The number of hydrogen-bond donors (Lipinski definition) is 0. The molecule has 1 aliphatic carbocycles. The lowest BCUT2D eigenvalue weighted by Crippen LogP contribution is -2.41. The second-order valence-electron chi connectivity index (χ2n) is 7.61. The summed E-state index contributed by atoms with van der Waals surface area (Å²) in [6.07, 6.45) is 4.51. The fourth-order valence-corrected chi connectivity index (χ4v) is 3.83. The molecule has 2 fully saturated rings. The molecule has 0 aromatic heterocycles. The van der Waals surface area contributed by atoms with Gasteiger partial charge >= 0.3 is 0 Å². The topological polar surface area (TPSA) is 27.7 Å². The lowest BCUT2D eigenvalue weighted by atomic mass is 10.0. The smallest absolute Gasteiger partial charge is 0.191 e. The fourth-order valence-electron chi connectivity index (χ4n) is 2.77. The van der Waals surface area contributed by atoms with Crippen LogP contribution in [0.25, 0.3) is 0 Å². The maximum absolute atomic E-state index is 6.26. The normalized spacial score (nSPS) is 27.3. The quantitative estimate of drug-likeness (QED) is 0.733. The molecule has 0 bridgehead atoms. The van der Waals surface area contributed by atoms with Crippen LogP contribution < -0.4 is 0 Å². The zero-order valence-electron chi connectivity index (χ0n) is 13.3. The molecule has 1 atom stereocenters. The van der Waals surface area contributed by atoms with Gasteiger partial charge in [-0.05, 0) is 36.9 Å². The number of ether oxygens (including phenoxy) is 2. The summed E-state index contributed by atoms with van der Waals surface area (Å²) in [6, 6.07) is 0. The summed E-state index contributed by atoms with van der Waals surface area (Å²) in [5.74, 6) is 0.490. The molecule has 0 N–H and O–H groups in total. The van der Waals surface area contributed by atoms with Crippen molar-refractivity contribution in [3.63, 3.8) is 0 Å². The van der Waals surface area contributed by atoms with Crippen LogP contribution in [0.15, 0.2) is 0 Å². The Hall–Kier alpha value is 0.0969. The summed E-state index contributed by atoms with van der Waals surface area (Å²) in [7, 11) is -1.58. The first-order valence-corrected chi connectivity index (χ1v) is 10.6. The predicted octanol–water partition coefficient (Wildman–Crippen LogP) is 3.94. The van der Waals surface area contributed by atoms with Gasteiger partial charge in [-0.25, -0.2) is 0 Å². The van der Waals surface area contributed by atoms with Crippen molar-refractivity contribution in [1.82, 2.24) is 0 Å². The lowest BCUT2D eigenvalue weighted by Gasteiger charge is -2.36.